The predicted molar refractivity (Wildman–Crippen MR) is 63.0 cm³/mol. The molecule has 0 saturated heterocycles. The van der Waals surface area contributed by atoms with E-state index in [-0.39, 0.29) is 18.4 Å². The molecule has 0 aromatic carbocycles. The van der Waals surface area contributed by atoms with Gasteiger partial charge in [-0.3, -0.25) is 9.59 Å². The van der Waals surface area contributed by atoms with Gasteiger partial charge in [0.05, 0.1) is 12.1 Å². The third kappa shape index (κ3) is 3.98. The van der Waals surface area contributed by atoms with Gasteiger partial charge in [-0.15, -0.1) is 0 Å². The van der Waals surface area contributed by atoms with Crippen molar-refractivity contribution in [3.8, 4) is 0 Å². The zero-order chi connectivity index (χ0) is 12.0. The maximum atomic E-state index is 11.5. The molecule has 0 aliphatic rings. The number of carbonyl (C=O) groups is 2. The van der Waals surface area contributed by atoms with Crippen LogP contribution in [0.15, 0.2) is 22.9 Å². The van der Waals surface area contributed by atoms with Gasteiger partial charge in [0.25, 0.3) is 5.91 Å². The minimum atomic E-state index is -0.314. The van der Waals surface area contributed by atoms with Crippen molar-refractivity contribution in [1.82, 2.24) is 15.6 Å². The highest BCUT2D eigenvalue weighted by molar-refractivity contribution is 9.10. The van der Waals surface area contributed by atoms with E-state index in [4.69, 9.17) is 0 Å². The highest BCUT2D eigenvalue weighted by Gasteiger charge is 2.07. The average Bonchev–Trinajstić information content (AvgIpc) is 2.27. The third-order valence-electron chi connectivity index (χ3n) is 1.77. The summed E-state index contributed by atoms with van der Waals surface area (Å²) >= 11 is 3.17. The van der Waals surface area contributed by atoms with Gasteiger partial charge in [-0.25, -0.2) is 4.98 Å². The molecule has 1 heterocycles. The largest absolute Gasteiger partial charge is 0.355 e. The first-order chi connectivity index (χ1) is 7.63. The highest BCUT2D eigenvalue weighted by atomic mass is 79.9. The number of aromatic nitrogens is 1. The minimum absolute atomic E-state index is 0.0251. The molecule has 0 aliphatic carbocycles. The maximum Gasteiger partial charge on any atom is 0.253 e. The van der Waals surface area contributed by atoms with Crippen LogP contribution in [0.3, 0.4) is 0 Å². The number of likely N-dealkylation sites (N-methyl/N-ethyl adjacent to an activating group) is 1. The molecule has 0 unspecified atom stereocenters. The number of amides is 2. The van der Waals surface area contributed by atoms with Crippen molar-refractivity contribution in [1.29, 1.82) is 0 Å². The van der Waals surface area contributed by atoms with Crippen molar-refractivity contribution < 1.29 is 9.59 Å². The van der Waals surface area contributed by atoms with Gasteiger partial charge in [-0.1, -0.05) is 0 Å². The summed E-state index contributed by atoms with van der Waals surface area (Å²) in [6, 6.07) is 3.30. The summed E-state index contributed by atoms with van der Waals surface area (Å²) < 4.78 is 0.660. The summed E-state index contributed by atoms with van der Waals surface area (Å²) in [6.45, 7) is 2.34. The zero-order valence-electron chi connectivity index (χ0n) is 8.79. The standard InChI is InChI=1S/C10H12BrN3O2/c1-2-12-9(15)6-14-10(16)7-3-4-8(11)13-5-7/h3-5H,2,6H2,1H3,(H,12,15)(H,14,16). The summed E-state index contributed by atoms with van der Waals surface area (Å²) in [4.78, 5) is 26.5. The molecule has 0 spiro atoms. The molecule has 86 valence electrons. The molecule has 1 aromatic heterocycles. The predicted octanol–water partition coefficient (Wildman–Crippen LogP) is 0.710. The van der Waals surface area contributed by atoms with E-state index in [0.29, 0.717) is 16.7 Å². The Morgan fingerprint density at radius 1 is 1.38 bits per heavy atom. The Hall–Kier alpha value is -1.43. The first-order valence-corrected chi connectivity index (χ1v) is 5.59. The maximum absolute atomic E-state index is 11.5. The van der Waals surface area contributed by atoms with Gasteiger partial charge in [0.2, 0.25) is 5.91 Å². The second-order valence-electron chi connectivity index (χ2n) is 3.01. The van der Waals surface area contributed by atoms with Gasteiger partial charge in [-0.05, 0) is 35.0 Å². The normalized spacial score (nSPS) is 9.62. The number of hydrogen-bond acceptors (Lipinski definition) is 3. The van der Waals surface area contributed by atoms with E-state index < -0.39 is 0 Å². The monoisotopic (exact) mass is 285 g/mol. The van der Waals surface area contributed by atoms with Crippen LogP contribution in [0.4, 0.5) is 0 Å². The average molecular weight is 286 g/mol. The van der Waals surface area contributed by atoms with Crippen LogP contribution in [0.25, 0.3) is 0 Å². The molecule has 5 nitrogen and oxygen atoms in total. The smallest absolute Gasteiger partial charge is 0.253 e. The van der Waals surface area contributed by atoms with E-state index in [9.17, 15) is 9.59 Å². The van der Waals surface area contributed by atoms with Crippen LogP contribution >= 0.6 is 15.9 Å². The van der Waals surface area contributed by atoms with Gasteiger partial charge in [0, 0.05) is 12.7 Å². The number of hydrogen-bond donors (Lipinski definition) is 2. The van der Waals surface area contributed by atoms with Gasteiger partial charge in [-0.2, -0.15) is 0 Å². The molecule has 0 fully saturated rings. The second-order valence-corrected chi connectivity index (χ2v) is 3.82. The second kappa shape index (κ2) is 6.22. The van der Waals surface area contributed by atoms with Crippen LogP contribution in [0.2, 0.25) is 0 Å². The number of nitrogens with zero attached hydrogens (tertiary/aromatic N) is 1. The fourth-order valence-electron chi connectivity index (χ4n) is 1.03. The molecular weight excluding hydrogens is 274 g/mol. The molecule has 2 N–H and O–H groups in total. The summed E-state index contributed by atoms with van der Waals surface area (Å²) in [5, 5.41) is 5.08. The lowest BCUT2D eigenvalue weighted by Gasteiger charge is -2.04. The van der Waals surface area contributed by atoms with Crippen LogP contribution in [0.1, 0.15) is 17.3 Å². The van der Waals surface area contributed by atoms with Crippen LogP contribution in [0.5, 0.6) is 0 Å². The van der Waals surface area contributed by atoms with E-state index in [1.54, 1.807) is 12.1 Å². The number of rotatable bonds is 4. The van der Waals surface area contributed by atoms with E-state index >= 15 is 0 Å². The van der Waals surface area contributed by atoms with Crippen molar-refractivity contribution >= 4 is 27.7 Å². The van der Waals surface area contributed by atoms with Crippen LogP contribution in [-0.2, 0) is 4.79 Å². The van der Waals surface area contributed by atoms with E-state index in [1.807, 2.05) is 6.92 Å². The van der Waals surface area contributed by atoms with Crippen molar-refractivity contribution in [3.05, 3.63) is 28.5 Å². The SMILES string of the molecule is CCNC(=O)CNC(=O)c1ccc(Br)nc1. The van der Waals surface area contributed by atoms with Crippen LogP contribution < -0.4 is 10.6 Å². The summed E-state index contributed by atoms with van der Waals surface area (Å²) in [5.74, 6) is -0.521. The zero-order valence-corrected chi connectivity index (χ0v) is 10.4. The number of halogens is 1. The third-order valence-corrected chi connectivity index (χ3v) is 2.24. The summed E-state index contributed by atoms with van der Waals surface area (Å²) in [5.41, 5.74) is 0.424. The number of pyridine rings is 1. The Balaban J connectivity index is 2.47. The van der Waals surface area contributed by atoms with Gasteiger partial charge >= 0.3 is 0 Å². The summed E-state index contributed by atoms with van der Waals surface area (Å²) in [6.07, 6.45) is 1.44. The lowest BCUT2D eigenvalue weighted by molar-refractivity contribution is -0.120. The first-order valence-electron chi connectivity index (χ1n) is 4.80. The Labute approximate surface area is 102 Å². The first kappa shape index (κ1) is 12.6. The van der Waals surface area contributed by atoms with E-state index in [2.05, 4.69) is 31.5 Å². The Morgan fingerprint density at radius 3 is 2.69 bits per heavy atom. The van der Waals surface area contributed by atoms with Crippen molar-refractivity contribution in [2.75, 3.05) is 13.1 Å². The number of nitrogens with one attached hydrogen (secondary N) is 2. The van der Waals surface area contributed by atoms with Crippen molar-refractivity contribution in [2.45, 2.75) is 6.92 Å². The lowest BCUT2D eigenvalue weighted by atomic mass is 10.3. The molecule has 1 aromatic rings. The molecule has 2 amide bonds. The molecule has 6 heteroatoms. The van der Waals surface area contributed by atoms with Gasteiger partial charge in [0.15, 0.2) is 0 Å². The number of carbonyl (C=O) groups excluding carboxylic acids is 2. The molecule has 1 rings (SSSR count). The molecule has 0 radical (unpaired) electrons. The highest BCUT2D eigenvalue weighted by Crippen LogP contribution is 2.05. The Kier molecular flexibility index (Phi) is 4.91. The van der Waals surface area contributed by atoms with Crippen LogP contribution in [-0.4, -0.2) is 29.9 Å². The fourth-order valence-corrected chi connectivity index (χ4v) is 1.27. The molecular formula is C10H12BrN3O2. The van der Waals surface area contributed by atoms with Crippen molar-refractivity contribution in [3.63, 3.8) is 0 Å². The minimum Gasteiger partial charge on any atom is -0.355 e. The van der Waals surface area contributed by atoms with Gasteiger partial charge in [0.1, 0.15) is 4.60 Å². The van der Waals surface area contributed by atoms with Crippen molar-refractivity contribution in [2.24, 2.45) is 0 Å². The lowest BCUT2D eigenvalue weighted by Crippen LogP contribution is -2.36. The molecule has 0 aliphatic heterocycles. The quantitative estimate of drug-likeness (QED) is 0.801. The molecule has 0 atom stereocenters. The molecule has 0 saturated carbocycles. The Morgan fingerprint density at radius 2 is 2.12 bits per heavy atom. The summed E-state index contributed by atoms with van der Waals surface area (Å²) in [7, 11) is 0. The van der Waals surface area contributed by atoms with E-state index in [1.165, 1.54) is 6.20 Å². The molecule has 0 bridgehead atoms. The fraction of sp³-hybridized carbons (Fsp3) is 0.300. The topological polar surface area (TPSA) is 71.1 Å². The van der Waals surface area contributed by atoms with E-state index in [0.717, 1.165) is 0 Å². The van der Waals surface area contributed by atoms with Crippen LogP contribution in [0, 0.1) is 0 Å². The Bertz CT molecular complexity index is 378. The van der Waals surface area contributed by atoms with Gasteiger partial charge < -0.3 is 10.6 Å². The molecule has 16 heavy (non-hydrogen) atoms.